The number of ketones is 3. The number of Topliss-reactive ketones (excluding diaryl/α,β-unsaturated/α-hetero) is 2. The third-order valence-corrected chi connectivity index (χ3v) is 8.97. The van der Waals surface area contributed by atoms with Gasteiger partial charge in [0.25, 0.3) is 0 Å². The van der Waals surface area contributed by atoms with Gasteiger partial charge in [-0.2, -0.15) is 0 Å². The Bertz CT molecular complexity index is 813. The normalized spacial score (nSPS) is 45.8. The fourth-order valence-corrected chi connectivity index (χ4v) is 7.06. The Balaban J connectivity index is 1.73. The molecule has 0 radical (unpaired) electrons. The maximum absolute atomic E-state index is 13.5. The van der Waals surface area contributed by atoms with Crippen molar-refractivity contribution in [2.75, 3.05) is 0 Å². The Morgan fingerprint density at radius 2 is 2.04 bits per heavy atom. The fourth-order valence-electron chi connectivity index (χ4n) is 6.88. The van der Waals surface area contributed by atoms with Crippen LogP contribution >= 0.6 is 11.6 Å². The third kappa shape index (κ3) is 2.43. The van der Waals surface area contributed by atoms with Crippen molar-refractivity contribution in [3.05, 3.63) is 23.8 Å². The van der Waals surface area contributed by atoms with Crippen LogP contribution in [0.5, 0.6) is 0 Å². The van der Waals surface area contributed by atoms with E-state index in [4.69, 9.17) is 11.6 Å². The van der Waals surface area contributed by atoms with Crippen molar-refractivity contribution in [2.24, 2.45) is 28.6 Å². The first kappa shape index (κ1) is 20.0. The number of carbonyl (C=O) groups is 3. The van der Waals surface area contributed by atoms with Gasteiger partial charge in [0.15, 0.2) is 11.6 Å². The molecule has 0 aromatic carbocycles. The van der Waals surface area contributed by atoms with Crippen LogP contribution in [0.2, 0.25) is 0 Å². The quantitative estimate of drug-likeness (QED) is 0.726. The van der Waals surface area contributed by atoms with Gasteiger partial charge in [0.05, 0.1) is 5.38 Å². The predicted octanol–water partition coefficient (Wildman–Crippen LogP) is 3.79. The molecule has 7 atom stereocenters. The van der Waals surface area contributed by atoms with E-state index in [-0.39, 0.29) is 41.5 Å². The summed E-state index contributed by atoms with van der Waals surface area (Å²) in [5.41, 5.74) is -1.68. The molecule has 4 rings (SSSR count). The van der Waals surface area contributed by atoms with Crippen molar-refractivity contribution in [1.82, 2.24) is 0 Å². The molecule has 4 aliphatic rings. The van der Waals surface area contributed by atoms with E-state index >= 15 is 0 Å². The number of aliphatic hydroxyl groups is 1. The molecule has 1 N–H and O–H groups in total. The van der Waals surface area contributed by atoms with Crippen molar-refractivity contribution in [3.63, 3.8) is 0 Å². The van der Waals surface area contributed by atoms with E-state index in [1.165, 1.54) is 0 Å². The van der Waals surface area contributed by atoms with Gasteiger partial charge in [0, 0.05) is 23.2 Å². The number of hydrogen-bond acceptors (Lipinski definition) is 4. The number of fused-ring (bicyclic) bond motifs is 5. The minimum absolute atomic E-state index is 0.00687. The average Bonchev–Trinajstić information content (AvgIpc) is 2.92. The first-order chi connectivity index (χ1) is 13.1. The summed E-state index contributed by atoms with van der Waals surface area (Å²) >= 11 is 6.24. The van der Waals surface area contributed by atoms with Crippen LogP contribution in [-0.2, 0) is 14.4 Å². The molecule has 4 nitrogen and oxygen atoms in total. The highest BCUT2D eigenvalue weighted by Gasteiger charge is 2.68. The van der Waals surface area contributed by atoms with E-state index in [0.29, 0.717) is 12.8 Å². The second kappa shape index (κ2) is 6.37. The van der Waals surface area contributed by atoms with Gasteiger partial charge < -0.3 is 5.11 Å². The van der Waals surface area contributed by atoms with Gasteiger partial charge in [-0.15, -0.1) is 11.6 Å². The van der Waals surface area contributed by atoms with Gasteiger partial charge in [0.2, 0.25) is 0 Å². The molecule has 1 unspecified atom stereocenters. The number of carbonyl (C=O) groups excluding carboxylic acids is 3. The Kier molecular flexibility index (Phi) is 4.56. The van der Waals surface area contributed by atoms with Gasteiger partial charge in [-0.25, -0.2) is 0 Å². The highest BCUT2D eigenvalue weighted by molar-refractivity contribution is 6.32. The van der Waals surface area contributed by atoms with Crippen molar-refractivity contribution in [1.29, 1.82) is 0 Å². The smallest absolute Gasteiger partial charge is 0.182 e. The largest absolute Gasteiger partial charge is 0.381 e. The summed E-state index contributed by atoms with van der Waals surface area (Å²) in [4.78, 5) is 38.3. The lowest BCUT2D eigenvalue weighted by molar-refractivity contribution is -0.166. The summed E-state index contributed by atoms with van der Waals surface area (Å²) in [7, 11) is 0. The lowest BCUT2D eigenvalue weighted by Gasteiger charge is -2.56. The lowest BCUT2D eigenvalue weighted by Crippen LogP contribution is -2.61. The zero-order valence-electron chi connectivity index (χ0n) is 16.8. The monoisotopic (exact) mass is 404 g/mol. The van der Waals surface area contributed by atoms with Crippen LogP contribution in [0, 0.1) is 28.6 Å². The molecule has 0 aromatic rings. The molecule has 0 saturated heterocycles. The lowest BCUT2D eigenvalue weighted by atomic mass is 9.46. The average molecular weight is 405 g/mol. The maximum atomic E-state index is 13.5. The van der Waals surface area contributed by atoms with E-state index in [9.17, 15) is 19.5 Å². The molecular weight excluding hydrogens is 376 g/mol. The van der Waals surface area contributed by atoms with E-state index in [0.717, 1.165) is 24.8 Å². The number of halogens is 1. The molecule has 5 heteroatoms. The van der Waals surface area contributed by atoms with Crippen molar-refractivity contribution >= 4 is 29.0 Å². The van der Waals surface area contributed by atoms with Crippen LogP contribution in [0.3, 0.4) is 0 Å². The minimum atomic E-state index is -1.53. The number of rotatable bonds is 3. The minimum Gasteiger partial charge on any atom is -0.381 e. The SMILES string of the molecule is CCC(Cl)C(=O)[C@@]1(O)CC[C@H]2[C@@H]3CCC4=CC(=O)C=C[C@]4(C)[C@H]3C(=O)C[C@@]21C. The fraction of sp³-hybridized carbons (Fsp3) is 0.696. The third-order valence-electron chi connectivity index (χ3n) is 8.46. The van der Waals surface area contributed by atoms with Crippen LogP contribution in [0.25, 0.3) is 0 Å². The zero-order chi connectivity index (χ0) is 20.5. The van der Waals surface area contributed by atoms with Crippen LogP contribution in [-0.4, -0.2) is 33.4 Å². The first-order valence-electron chi connectivity index (χ1n) is 10.5. The van der Waals surface area contributed by atoms with E-state index in [2.05, 4.69) is 6.92 Å². The summed E-state index contributed by atoms with van der Waals surface area (Å²) in [6.45, 7) is 5.82. The topological polar surface area (TPSA) is 71.4 Å². The zero-order valence-corrected chi connectivity index (χ0v) is 17.6. The van der Waals surface area contributed by atoms with Crippen molar-refractivity contribution < 1.29 is 19.5 Å². The standard InChI is InChI=1S/C23H29ClO4/c1-4-17(24)20(27)23(28)10-8-16-15-6-5-13-11-14(25)7-9-21(13,2)19(15)18(26)12-22(16,23)3/h7,9,11,15-17,19,28H,4-6,8,10,12H2,1-3H3/t15-,16-,17?,19+,21-,22-,23-/m0/s1. The van der Waals surface area contributed by atoms with Gasteiger partial charge in [-0.05, 0) is 56.1 Å². The van der Waals surface area contributed by atoms with E-state index < -0.39 is 21.8 Å². The summed E-state index contributed by atoms with van der Waals surface area (Å²) in [5, 5.41) is 10.8. The van der Waals surface area contributed by atoms with Gasteiger partial charge in [-0.1, -0.05) is 32.4 Å². The molecule has 4 aliphatic carbocycles. The molecule has 152 valence electrons. The highest BCUT2D eigenvalue weighted by Crippen LogP contribution is 2.66. The summed E-state index contributed by atoms with van der Waals surface area (Å²) in [5.74, 6) is -0.194. The molecule has 0 amide bonds. The molecule has 3 saturated carbocycles. The van der Waals surface area contributed by atoms with Crippen LogP contribution in [0.1, 0.15) is 59.3 Å². The Labute approximate surface area is 171 Å². The molecule has 0 aliphatic heterocycles. The predicted molar refractivity (Wildman–Crippen MR) is 107 cm³/mol. The van der Waals surface area contributed by atoms with Crippen LogP contribution in [0.15, 0.2) is 23.8 Å². The van der Waals surface area contributed by atoms with E-state index in [1.54, 1.807) is 12.2 Å². The number of hydrogen-bond donors (Lipinski definition) is 1. The second-order valence-electron chi connectivity index (χ2n) is 9.67. The van der Waals surface area contributed by atoms with Crippen molar-refractivity contribution in [3.8, 4) is 0 Å². The number of allylic oxidation sites excluding steroid dienone is 4. The molecule has 3 fully saturated rings. The molecule has 0 aromatic heterocycles. The molecular formula is C23H29ClO4. The Morgan fingerprint density at radius 3 is 2.71 bits per heavy atom. The first-order valence-corrected chi connectivity index (χ1v) is 10.9. The van der Waals surface area contributed by atoms with Crippen LogP contribution in [0.4, 0.5) is 0 Å². The summed E-state index contributed by atoms with van der Waals surface area (Å²) in [6, 6.07) is 0. The molecule has 0 bridgehead atoms. The highest BCUT2D eigenvalue weighted by atomic mass is 35.5. The molecule has 0 spiro atoms. The van der Waals surface area contributed by atoms with Crippen molar-refractivity contribution in [2.45, 2.75) is 70.3 Å². The second-order valence-corrected chi connectivity index (χ2v) is 10.2. The van der Waals surface area contributed by atoms with Gasteiger partial charge >= 0.3 is 0 Å². The van der Waals surface area contributed by atoms with E-state index in [1.807, 2.05) is 19.9 Å². The number of alkyl halides is 1. The Hall–Kier alpha value is -1.26. The molecule has 0 heterocycles. The van der Waals surface area contributed by atoms with Crippen LogP contribution < -0.4 is 0 Å². The summed E-state index contributed by atoms with van der Waals surface area (Å²) < 4.78 is 0. The summed E-state index contributed by atoms with van der Waals surface area (Å²) in [6.07, 6.45) is 8.58. The Morgan fingerprint density at radius 1 is 1.32 bits per heavy atom. The molecule has 28 heavy (non-hydrogen) atoms. The van der Waals surface area contributed by atoms with Gasteiger partial charge in [-0.3, -0.25) is 14.4 Å². The maximum Gasteiger partial charge on any atom is 0.182 e. The van der Waals surface area contributed by atoms with Gasteiger partial charge in [0.1, 0.15) is 11.4 Å².